The van der Waals surface area contributed by atoms with Gasteiger partial charge in [-0.25, -0.2) is 4.98 Å². The third-order valence-electron chi connectivity index (χ3n) is 4.29. The van der Waals surface area contributed by atoms with Gasteiger partial charge in [-0.1, -0.05) is 18.5 Å². The van der Waals surface area contributed by atoms with Gasteiger partial charge in [-0.15, -0.1) is 0 Å². The molecule has 1 heterocycles. The molecule has 1 aliphatic rings. The van der Waals surface area contributed by atoms with Gasteiger partial charge in [0.25, 0.3) is 0 Å². The van der Waals surface area contributed by atoms with Crippen molar-refractivity contribution in [1.29, 1.82) is 5.26 Å². The molecule has 0 bridgehead atoms. The summed E-state index contributed by atoms with van der Waals surface area (Å²) in [5.41, 5.74) is -0.448. The predicted octanol–water partition coefficient (Wildman–Crippen LogP) is 3.30. The molecule has 0 aliphatic heterocycles. The molecule has 0 saturated heterocycles. The van der Waals surface area contributed by atoms with Crippen LogP contribution in [-0.4, -0.2) is 22.6 Å². The molecule has 1 aromatic rings. The van der Waals surface area contributed by atoms with E-state index in [0.717, 1.165) is 12.8 Å². The molecular weight excluding hydrogens is 290 g/mol. The first kappa shape index (κ1) is 15.6. The van der Waals surface area contributed by atoms with E-state index < -0.39 is 11.4 Å². The minimum absolute atomic E-state index is 0.240. The Labute approximate surface area is 128 Å². The highest BCUT2D eigenvalue weighted by molar-refractivity contribution is 6.34. The van der Waals surface area contributed by atoms with Crippen molar-refractivity contribution < 1.29 is 9.90 Å². The second kappa shape index (κ2) is 6.31. The summed E-state index contributed by atoms with van der Waals surface area (Å²) < 4.78 is 0. The molecule has 1 aliphatic carbocycles. The maximum Gasteiger partial charge on any atom is 0.311 e. The van der Waals surface area contributed by atoms with Crippen molar-refractivity contribution in [3.05, 3.63) is 22.8 Å². The molecule has 0 aromatic carbocycles. The molecule has 1 fully saturated rings. The van der Waals surface area contributed by atoms with Gasteiger partial charge in [0.15, 0.2) is 0 Å². The molecule has 0 atom stereocenters. The van der Waals surface area contributed by atoms with Crippen LogP contribution in [-0.2, 0) is 4.79 Å². The van der Waals surface area contributed by atoms with Crippen LogP contribution in [0.4, 0.5) is 5.82 Å². The van der Waals surface area contributed by atoms with Crippen LogP contribution in [0.15, 0.2) is 12.3 Å². The van der Waals surface area contributed by atoms with E-state index in [1.807, 2.05) is 6.07 Å². The fourth-order valence-electron chi connectivity index (χ4n) is 2.69. The topological polar surface area (TPSA) is 86.0 Å². The molecule has 0 amide bonds. The minimum atomic E-state index is -0.783. The van der Waals surface area contributed by atoms with Gasteiger partial charge in [-0.05, 0) is 37.7 Å². The van der Waals surface area contributed by atoms with Crippen molar-refractivity contribution in [3.8, 4) is 6.07 Å². The number of anilines is 1. The normalized spacial score (nSPS) is 25.1. The summed E-state index contributed by atoms with van der Waals surface area (Å²) in [6, 6.07) is 3.51. The fourth-order valence-corrected chi connectivity index (χ4v) is 2.91. The maximum atomic E-state index is 11.7. The van der Waals surface area contributed by atoms with E-state index in [9.17, 15) is 9.90 Å². The van der Waals surface area contributed by atoms with Gasteiger partial charge in [0, 0.05) is 12.7 Å². The van der Waals surface area contributed by atoms with Gasteiger partial charge in [0.05, 0.1) is 11.0 Å². The molecule has 1 aromatic heterocycles. The summed E-state index contributed by atoms with van der Waals surface area (Å²) in [5, 5.41) is 21.8. The van der Waals surface area contributed by atoms with Crippen LogP contribution in [0.5, 0.6) is 0 Å². The Morgan fingerprint density at radius 1 is 1.62 bits per heavy atom. The van der Waals surface area contributed by atoms with E-state index in [1.165, 1.54) is 12.3 Å². The van der Waals surface area contributed by atoms with Crippen LogP contribution in [0.25, 0.3) is 0 Å². The molecule has 21 heavy (non-hydrogen) atoms. The number of nitrogens with one attached hydrogen (secondary N) is 1. The van der Waals surface area contributed by atoms with Crippen molar-refractivity contribution in [2.45, 2.75) is 32.6 Å². The van der Waals surface area contributed by atoms with E-state index in [2.05, 4.69) is 17.2 Å². The Bertz CT molecular complexity index is 575. The number of aromatic nitrogens is 1. The minimum Gasteiger partial charge on any atom is -0.481 e. The molecule has 0 radical (unpaired) electrons. The van der Waals surface area contributed by atoms with Crippen LogP contribution >= 0.6 is 11.6 Å². The quantitative estimate of drug-likeness (QED) is 0.891. The van der Waals surface area contributed by atoms with Gasteiger partial charge in [-0.2, -0.15) is 5.26 Å². The highest BCUT2D eigenvalue weighted by Gasteiger charge is 2.41. The number of hydrogen-bond donors (Lipinski definition) is 2. The average Bonchev–Trinajstić information content (AvgIpc) is 2.48. The van der Waals surface area contributed by atoms with Crippen LogP contribution < -0.4 is 5.32 Å². The summed E-state index contributed by atoms with van der Waals surface area (Å²) in [4.78, 5) is 15.8. The summed E-state index contributed by atoms with van der Waals surface area (Å²) >= 11 is 6.08. The number of nitriles is 1. The molecule has 0 unspecified atom stereocenters. The van der Waals surface area contributed by atoms with Gasteiger partial charge in [0.1, 0.15) is 16.9 Å². The number of rotatable bonds is 4. The first-order valence-corrected chi connectivity index (χ1v) is 7.38. The highest BCUT2D eigenvalue weighted by atomic mass is 35.5. The Balaban J connectivity index is 2.13. The number of halogens is 1. The third kappa shape index (κ3) is 3.27. The number of hydrogen-bond acceptors (Lipinski definition) is 4. The monoisotopic (exact) mass is 307 g/mol. The number of pyridine rings is 1. The van der Waals surface area contributed by atoms with Crippen LogP contribution in [0.3, 0.4) is 0 Å². The van der Waals surface area contributed by atoms with Crippen LogP contribution in [0, 0.1) is 22.7 Å². The second-order valence-electron chi connectivity index (χ2n) is 5.75. The lowest BCUT2D eigenvalue weighted by Crippen LogP contribution is -2.41. The lowest BCUT2D eigenvalue weighted by Gasteiger charge is -2.36. The SMILES string of the molecule is CC1CCC(CNc2nccc(C#N)c2Cl)(C(=O)O)CC1. The third-order valence-corrected chi connectivity index (χ3v) is 4.67. The van der Waals surface area contributed by atoms with Gasteiger partial charge < -0.3 is 10.4 Å². The summed E-state index contributed by atoms with van der Waals surface area (Å²) in [6.45, 7) is 2.42. The smallest absolute Gasteiger partial charge is 0.311 e. The molecule has 112 valence electrons. The predicted molar refractivity (Wildman–Crippen MR) is 80.2 cm³/mol. The Kier molecular flexibility index (Phi) is 4.69. The molecule has 6 heteroatoms. The fraction of sp³-hybridized carbons (Fsp3) is 0.533. The van der Waals surface area contributed by atoms with Crippen molar-refractivity contribution in [2.75, 3.05) is 11.9 Å². The maximum absolute atomic E-state index is 11.7. The highest BCUT2D eigenvalue weighted by Crippen LogP contribution is 2.39. The molecular formula is C15H18ClN3O2. The Morgan fingerprint density at radius 3 is 2.86 bits per heavy atom. The molecule has 0 spiro atoms. The molecule has 2 rings (SSSR count). The van der Waals surface area contributed by atoms with E-state index in [1.54, 1.807) is 0 Å². The summed E-state index contributed by atoms with van der Waals surface area (Å²) in [7, 11) is 0. The van der Waals surface area contributed by atoms with Gasteiger partial charge >= 0.3 is 5.97 Å². The second-order valence-corrected chi connectivity index (χ2v) is 6.13. The van der Waals surface area contributed by atoms with Crippen LogP contribution in [0.2, 0.25) is 5.02 Å². The number of aliphatic carboxylic acids is 1. The first-order valence-electron chi connectivity index (χ1n) is 7.00. The number of carboxylic acids is 1. The zero-order valence-electron chi connectivity index (χ0n) is 11.9. The van der Waals surface area contributed by atoms with Crippen molar-refractivity contribution in [2.24, 2.45) is 11.3 Å². The summed E-state index contributed by atoms with van der Waals surface area (Å²) in [6.07, 6.45) is 4.60. The molecule has 5 nitrogen and oxygen atoms in total. The van der Waals surface area contributed by atoms with Gasteiger partial charge in [0.2, 0.25) is 0 Å². The van der Waals surface area contributed by atoms with Crippen molar-refractivity contribution >= 4 is 23.4 Å². The van der Waals surface area contributed by atoms with E-state index >= 15 is 0 Å². The number of nitrogens with zero attached hydrogens (tertiary/aromatic N) is 2. The number of carbonyl (C=O) groups is 1. The Hall–Kier alpha value is -1.80. The summed E-state index contributed by atoms with van der Waals surface area (Å²) in [5.74, 6) is 0.158. The molecule has 1 saturated carbocycles. The average molecular weight is 308 g/mol. The zero-order chi connectivity index (χ0) is 15.5. The van der Waals surface area contributed by atoms with Gasteiger partial charge in [-0.3, -0.25) is 4.79 Å². The van der Waals surface area contributed by atoms with E-state index in [-0.39, 0.29) is 11.6 Å². The number of carboxylic acid groups (broad SMARTS) is 1. The van der Waals surface area contributed by atoms with Crippen LogP contribution in [0.1, 0.15) is 38.2 Å². The van der Waals surface area contributed by atoms with E-state index in [0.29, 0.717) is 30.1 Å². The first-order chi connectivity index (χ1) is 9.98. The lowest BCUT2D eigenvalue weighted by atomic mass is 9.71. The standard InChI is InChI=1S/C15H18ClN3O2/c1-10-2-5-15(6-3-10,14(20)21)9-19-13-12(16)11(8-17)4-7-18-13/h4,7,10H,2-3,5-6,9H2,1H3,(H,18,19)(H,20,21). The van der Waals surface area contributed by atoms with E-state index in [4.69, 9.17) is 16.9 Å². The molecule has 2 N–H and O–H groups in total. The lowest BCUT2D eigenvalue weighted by molar-refractivity contribution is -0.150. The largest absolute Gasteiger partial charge is 0.481 e. The Morgan fingerprint density at radius 2 is 2.29 bits per heavy atom. The zero-order valence-corrected chi connectivity index (χ0v) is 12.7. The van der Waals surface area contributed by atoms with Crippen molar-refractivity contribution in [1.82, 2.24) is 4.98 Å². The van der Waals surface area contributed by atoms with Crippen molar-refractivity contribution in [3.63, 3.8) is 0 Å².